The van der Waals surface area contributed by atoms with E-state index < -0.39 is 33.7 Å². The van der Waals surface area contributed by atoms with Crippen LogP contribution in [0.1, 0.15) is 20.8 Å². The lowest BCUT2D eigenvalue weighted by Gasteiger charge is -2.28. The number of nitrogens with zero attached hydrogens (tertiary/aromatic N) is 2. The van der Waals surface area contributed by atoms with Gasteiger partial charge in [0.2, 0.25) is 0 Å². The van der Waals surface area contributed by atoms with Gasteiger partial charge < -0.3 is 9.87 Å². The molecule has 1 N–H and O–H groups in total. The molecule has 0 aromatic heterocycles. The molecule has 1 fully saturated rings. The van der Waals surface area contributed by atoms with Crippen molar-refractivity contribution in [2.45, 2.75) is 37.2 Å². The first kappa shape index (κ1) is 12.7. The second-order valence-corrected chi connectivity index (χ2v) is 7.89. The number of hydrogen-bond donors (Lipinski definition) is 1. The van der Waals surface area contributed by atoms with Crippen LogP contribution in [0.25, 0.3) is 0 Å². The maximum atomic E-state index is 14.0. The highest BCUT2D eigenvalue weighted by atomic mass is 32.2. The van der Waals surface area contributed by atoms with E-state index in [1.165, 1.54) is 6.21 Å². The van der Waals surface area contributed by atoms with Gasteiger partial charge in [0.1, 0.15) is 27.9 Å². The van der Waals surface area contributed by atoms with Crippen LogP contribution in [0.2, 0.25) is 0 Å². The van der Waals surface area contributed by atoms with Gasteiger partial charge in [0.05, 0.1) is 17.7 Å². The minimum absolute atomic E-state index is 0.406. The molecule has 0 saturated heterocycles. The van der Waals surface area contributed by atoms with E-state index in [9.17, 15) is 8.94 Å². The van der Waals surface area contributed by atoms with Crippen molar-refractivity contribution < 1.29 is 8.94 Å². The smallest absolute Gasteiger partial charge is 0.151 e. The third kappa shape index (κ3) is 1.52. The summed E-state index contributed by atoms with van der Waals surface area (Å²) in [6.07, 6.45) is 1.97. The van der Waals surface area contributed by atoms with E-state index in [0.29, 0.717) is 0 Å². The van der Waals surface area contributed by atoms with Crippen LogP contribution in [0.15, 0.2) is 27.3 Å². The van der Waals surface area contributed by atoms with Crippen LogP contribution in [-0.2, 0) is 11.4 Å². The summed E-state index contributed by atoms with van der Waals surface area (Å²) in [4.78, 5) is 0. The summed E-state index contributed by atoms with van der Waals surface area (Å²) >= 11 is -1.32. The molecule has 0 aromatic carbocycles. The number of hydrogen-bond acceptors (Lipinski definition) is 4. The van der Waals surface area contributed by atoms with Crippen molar-refractivity contribution in [1.82, 2.24) is 5.32 Å². The lowest BCUT2D eigenvalue weighted by atomic mass is 9.96. The zero-order valence-electron chi connectivity index (χ0n) is 10.9. The lowest BCUT2D eigenvalue weighted by molar-refractivity contribution is 0.236. The summed E-state index contributed by atoms with van der Waals surface area (Å²) in [7, 11) is 0. The van der Waals surface area contributed by atoms with E-state index in [1.807, 2.05) is 26.8 Å². The topological polar surface area (TPSA) is 71.2 Å². The standard InChI is InChI=1S/C13H14FN3OS/c1-12(2,3)19(18)16-6-9-10-8-4-7(5-15)11(14)13(8,10)17-9/h4,6-7,11,17H,1-3H3/b16-6-/t7?,11-,13?,19+/m1/s1. The zero-order valence-corrected chi connectivity index (χ0v) is 11.7. The van der Waals surface area contributed by atoms with Gasteiger partial charge in [-0.25, -0.2) is 4.39 Å². The van der Waals surface area contributed by atoms with Crippen LogP contribution in [-0.4, -0.2) is 27.2 Å². The van der Waals surface area contributed by atoms with Gasteiger partial charge in [-0.1, -0.05) is 10.5 Å². The second kappa shape index (κ2) is 3.62. The van der Waals surface area contributed by atoms with Crippen molar-refractivity contribution in [2.75, 3.05) is 0 Å². The summed E-state index contributed by atoms with van der Waals surface area (Å²) in [6, 6.07) is 1.94. The van der Waals surface area contributed by atoms with Gasteiger partial charge in [0, 0.05) is 5.57 Å². The number of nitriles is 1. The van der Waals surface area contributed by atoms with Gasteiger partial charge in [-0.2, -0.15) is 5.26 Å². The average Bonchev–Trinajstić information content (AvgIpc) is 2.68. The van der Waals surface area contributed by atoms with Crippen molar-refractivity contribution in [2.24, 2.45) is 10.3 Å². The van der Waals surface area contributed by atoms with Gasteiger partial charge in [-0.05, 0) is 26.3 Å². The molecule has 3 rings (SSSR count). The van der Waals surface area contributed by atoms with Crippen molar-refractivity contribution >= 4 is 17.6 Å². The van der Waals surface area contributed by atoms with Gasteiger partial charge in [0.25, 0.3) is 0 Å². The molecule has 0 aromatic rings. The van der Waals surface area contributed by atoms with E-state index in [1.54, 1.807) is 6.08 Å². The molecule has 4 nitrogen and oxygen atoms in total. The first-order chi connectivity index (χ1) is 8.82. The molecule has 1 spiro atoms. The number of nitrogens with one attached hydrogen (secondary N) is 1. The Morgan fingerprint density at radius 3 is 2.84 bits per heavy atom. The molecule has 100 valence electrons. The lowest BCUT2D eigenvalue weighted by Crippen LogP contribution is -2.48. The Kier molecular flexibility index (Phi) is 2.42. The Morgan fingerprint density at radius 1 is 1.63 bits per heavy atom. The summed E-state index contributed by atoms with van der Waals surface area (Å²) in [5.74, 6) is -0.659. The van der Waals surface area contributed by atoms with Gasteiger partial charge >= 0.3 is 0 Å². The quantitative estimate of drug-likeness (QED) is 0.615. The largest absolute Gasteiger partial charge is 0.591 e. The zero-order chi connectivity index (χ0) is 14.0. The van der Waals surface area contributed by atoms with Crippen LogP contribution >= 0.6 is 0 Å². The van der Waals surface area contributed by atoms with Crippen molar-refractivity contribution in [3.05, 3.63) is 22.9 Å². The van der Waals surface area contributed by atoms with Crippen LogP contribution in [0.3, 0.4) is 0 Å². The maximum absolute atomic E-state index is 14.0. The first-order valence-electron chi connectivity index (χ1n) is 6.07. The summed E-state index contributed by atoms with van der Waals surface area (Å²) in [5.41, 5.74) is 1.77. The molecule has 1 aliphatic heterocycles. The third-order valence-electron chi connectivity index (χ3n) is 3.65. The SMILES string of the molecule is CC(C)(C)[S@+]([O-])/N=C\C1=C2C3=CC(C#N)[C@@H](F)C32N1. The predicted molar refractivity (Wildman–Crippen MR) is 71.4 cm³/mol. The molecule has 6 heteroatoms. The number of allylic oxidation sites excluding steroid dienone is 2. The number of halogens is 1. The second-order valence-electron chi connectivity index (χ2n) is 5.95. The first-order valence-corrected chi connectivity index (χ1v) is 7.18. The molecule has 1 saturated carbocycles. The molecule has 0 bridgehead atoms. The summed E-state index contributed by atoms with van der Waals surface area (Å²) in [5, 5.41) is 11.8. The third-order valence-corrected chi connectivity index (χ3v) is 5.00. The van der Waals surface area contributed by atoms with E-state index in [-0.39, 0.29) is 0 Å². The Bertz CT molecular complexity index is 584. The maximum Gasteiger partial charge on any atom is 0.151 e. The molecule has 0 radical (unpaired) electrons. The average molecular weight is 279 g/mol. The molecule has 19 heavy (non-hydrogen) atoms. The van der Waals surface area contributed by atoms with E-state index in [2.05, 4.69) is 9.71 Å². The fraction of sp³-hybridized carbons (Fsp3) is 0.538. The van der Waals surface area contributed by atoms with Crippen molar-refractivity contribution in [1.29, 1.82) is 5.26 Å². The van der Waals surface area contributed by atoms with Gasteiger partial charge in [-0.3, -0.25) is 0 Å². The molecule has 0 amide bonds. The van der Waals surface area contributed by atoms with E-state index >= 15 is 0 Å². The van der Waals surface area contributed by atoms with Gasteiger partial charge in [-0.15, -0.1) is 0 Å². The normalized spacial score (nSPS) is 36.9. The highest BCUT2D eigenvalue weighted by molar-refractivity contribution is 7.91. The fourth-order valence-corrected chi connectivity index (χ4v) is 3.09. The molecule has 3 aliphatic rings. The highest BCUT2D eigenvalue weighted by Gasteiger charge is 2.73. The molecule has 1 heterocycles. The molecular formula is C13H14FN3OS. The van der Waals surface area contributed by atoms with Crippen molar-refractivity contribution in [3.8, 4) is 6.07 Å². The summed E-state index contributed by atoms with van der Waals surface area (Å²) in [6.45, 7) is 5.53. The van der Waals surface area contributed by atoms with E-state index in [0.717, 1.165) is 16.8 Å². The van der Waals surface area contributed by atoms with E-state index in [4.69, 9.17) is 5.26 Å². The Labute approximate surface area is 114 Å². The Balaban J connectivity index is 1.78. The predicted octanol–water partition coefficient (Wildman–Crippen LogP) is 1.55. The Morgan fingerprint density at radius 2 is 2.32 bits per heavy atom. The van der Waals surface area contributed by atoms with Crippen LogP contribution < -0.4 is 5.32 Å². The molecule has 4 atom stereocenters. The van der Waals surface area contributed by atoms with Crippen molar-refractivity contribution in [3.63, 3.8) is 0 Å². The number of rotatable bonds is 2. The Hall–Kier alpha value is -1.32. The molecular weight excluding hydrogens is 265 g/mol. The minimum atomic E-state index is -1.32. The molecule has 2 unspecified atom stereocenters. The summed E-state index contributed by atoms with van der Waals surface area (Å²) < 4.78 is 29.4. The number of fused-ring (bicyclic) bond motifs is 1. The van der Waals surface area contributed by atoms with Crippen LogP contribution in [0.5, 0.6) is 0 Å². The number of alkyl halides is 1. The monoisotopic (exact) mass is 279 g/mol. The fourth-order valence-electron chi connectivity index (χ4n) is 2.58. The van der Waals surface area contributed by atoms with Crippen LogP contribution in [0, 0.1) is 17.2 Å². The molecule has 2 aliphatic carbocycles. The highest BCUT2D eigenvalue weighted by Crippen LogP contribution is 2.65. The van der Waals surface area contributed by atoms with Gasteiger partial charge in [0.15, 0.2) is 6.17 Å². The minimum Gasteiger partial charge on any atom is -0.591 e. The van der Waals surface area contributed by atoms with Crippen LogP contribution in [0.4, 0.5) is 4.39 Å².